The highest BCUT2D eigenvalue weighted by Gasteiger charge is 2.54. The van der Waals surface area contributed by atoms with Crippen LogP contribution in [0.2, 0.25) is 0 Å². The van der Waals surface area contributed by atoms with E-state index in [1.807, 2.05) is 0 Å². The van der Waals surface area contributed by atoms with Crippen molar-refractivity contribution in [3.05, 3.63) is 0 Å². The van der Waals surface area contributed by atoms with Gasteiger partial charge in [-0.2, -0.15) is 0 Å². The minimum atomic E-state index is -2.08. The molecule has 20 atom stereocenters. The van der Waals surface area contributed by atoms with Crippen LogP contribution in [0.3, 0.4) is 0 Å². The number of nitrogens with two attached hydrogens (primary N) is 1. The molecule has 4 aliphatic rings. The number of aliphatic hydroxyl groups is 12. The third kappa shape index (κ3) is 7.46. The van der Waals surface area contributed by atoms with E-state index in [1.165, 1.54) is 0 Å². The first-order chi connectivity index (χ1) is 21.6. The average Bonchev–Trinajstić information content (AvgIpc) is 3.03. The van der Waals surface area contributed by atoms with Gasteiger partial charge in [-0.3, -0.25) is 0 Å². The lowest BCUT2D eigenvalue weighted by molar-refractivity contribution is -0.365. The molecule has 4 heterocycles. The third-order valence-corrected chi connectivity index (χ3v) is 8.23. The molecule has 0 aromatic rings. The molecule has 0 aliphatic carbocycles. The van der Waals surface area contributed by atoms with Crippen molar-refractivity contribution in [2.24, 2.45) is 5.73 Å². The molecule has 0 unspecified atom stereocenters. The van der Waals surface area contributed by atoms with E-state index in [1.54, 1.807) is 0 Å². The molecule has 0 amide bonds. The van der Waals surface area contributed by atoms with Gasteiger partial charge in [-0.25, -0.2) is 4.79 Å². The van der Waals surface area contributed by atoms with E-state index in [2.05, 4.69) is 0 Å². The van der Waals surface area contributed by atoms with Crippen LogP contribution in [0.4, 0.5) is 0 Å². The van der Waals surface area contributed by atoms with Gasteiger partial charge in [-0.15, -0.1) is 0 Å². The highest BCUT2D eigenvalue weighted by atomic mass is 16.8. The number of aliphatic hydroxyl groups excluding tert-OH is 12. The lowest BCUT2D eigenvalue weighted by Gasteiger charge is -2.47. The summed E-state index contributed by atoms with van der Waals surface area (Å²) in [7, 11) is 0. The molecule has 4 aliphatic heterocycles. The molecule has 0 saturated carbocycles. The molecule has 22 nitrogen and oxygen atoms in total. The summed E-state index contributed by atoms with van der Waals surface area (Å²) < 4.78 is 37.4. The van der Waals surface area contributed by atoms with Crippen LogP contribution in [-0.2, 0) is 38.0 Å². The summed E-state index contributed by atoms with van der Waals surface area (Å²) in [5.41, 5.74) is 5.88. The second kappa shape index (κ2) is 15.5. The molecule has 46 heavy (non-hydrogen) atoms. The minimum absolute atomic E-state index is 0.733. The van der Waals surface area contributed by atoms with Gasteiger partial charge in [0.15, 0.2) is 31.3 Å². The minimum Gasteiger partial charge on any atom is -0.479 e. The van der Waals surface area contributed by atoms with Crippen LogP contribution in [0, 0.1) is 0 Å². The number of carbonyl (C=O) groups is 1. The Bertz CT molecular complexity index is 993. The molecule has 0 radical (unpaired) electrons. The van der Waals surface area contributed by atoms with Crippen molar-refractivity contribution < 1.29 is 104 Å². The molecule has 15 N–H and O–H groups in total. The summed E-state index contributed by atoms with van der Waals surface area (Å²) in [6, 6.07) is -1.56. The highest BCUT2D eigenvalue weighted by molar-refractivity contribution is 5.73. The van der Waals surface area contributed by atoms with E-state index < -0.39 is 149 Å². The zero-order chi connectivity index (χ0) is 34.2. The molecular formula is C24H41NO21. The number of hydrogen-bond donors (Lipinski definition) is 14. The highest BCUT2D eigenvalue weighted by Crippen LogP contribution is 2.32. The molecule has 0 spiro atoms. The monoisotopic (exact) mass is 679 g/mol. The fourth-order valence-electron chi connectivity index (χ4n) is 5.45. The van der Waals surface area contributed by atoms with Crippen molar-refractivity contribution in [2.75, 3.05) is 19.8 Å². The van der Waals surface area contributed by atoms with Gasteiger partial charge >= 0.3 is 5.97 Å². The Morgan fingerprint density at radius 3 is 1.70 bits per heavy atom. The Balaban J connectivity index is 1.41. The number of aliphatic carboxylic acids is 1. The maximum atomic E-state index is 11.6. The second-order valence-corrected chi connectivity index (χ2v) is 11.3. The Labute approximate surface area is 259 Å². The second-order valence-electron chi connectivity index (χ2n) is 11.3. The van der Waals surface area contributed by atoms with Crippen LogP contribution in [-0.4, -0.2) is 215 Å². The van der Waals surface area contributed by atoms with E-state index in [4.69, 9.17) is 38.9 Å². The molecule has 0 bridgehead atoms. The Morgan fingerprint density at radius 2 is 1.09 bits per heavy atom. The van der Waals surface area contributed by atoms with Gasteiger partial charge in [0.25, 0.3) is 0 Å². The zero-order valence-corrected chi connectivity index (χ0v) is 23.8. The van der Waals surface area contributed by atoms with E-state index in [0.29, 0.717) is 0 Å². The quantitative estimate of drug-likeness (QED) is 0.102. The Morgan fingerprint density at radius 1 is 0.565 bits per heavy atom. The standard InChI is InChI=1S/C24H41NO21/c25-7-10(30)9(29)6(43-22(7)46-18-12(32)14(34)21(39)44-19(18)20(37)38)3-40-23-16(36)13(33)17(5(2-27)42-23)45-24-15(35)11(31)8(28)4(1-26)41-24/h4-19,21-24,26-36,39H,1-3,25H2,(H,37,38)/t4-,5-,6-,7-,8-,9-,10-,11+,12-,13-,14-,15+,16-,17+,18+,19+,21+,22-,23+,24-/m1/s1. The average molecular weight is 680 g/mol. The third-order valence-electron chi connectivity index (χ3n) is 8.23. The van der Waals surface area contributed by atoms with E-state index in [-0.39, 0.29) is 0 Å². The predicted molar refractivity (Wildman–Crippen MR) is 136 cm³/mol. The van der Waals surface area contributed by atoms with E-state index >= 15 is 0 Å². The van der Waals surface area contributed by atoms with Gasteiger partial charge in [0.1, 0.15) is 85.5 Å². The van der Waals surface area contributed by atoms with Crippen molar-refractivity contribution in [3.8, 4) is 0 Å². The summed E-state index contributed by atoms with van der Waals surface area (Å²) in [4.78, 5) is 11.6. The zero-order valence-electron chi connectivity index (χ0n) is 23.8. The maximum absolute atomic E-state index is 11.6. The van der Waals surface area contributed by atoms with Crippen molar-refractivity contribution >= 4 is 5.97 Å². The number of carboxylic acids is 1. The van der Waals surface area contributed by atoms with Crippen molar-refractivity contribution in [2.45, 2.75) is 123 Å². The number of carboxylic acid groups (broad SMARTS) is 1. The van der Waals surface area contributed by atoms with Gasteiger partial charge in [0.05, 0.1) is 25.9 Å². The van der Waals surface area contributed by atoms with Crippen LogP contribution in [0.1, 0.15) is 0 Å². The Hall–Kier alpha value is -1.33. The van der Waals surface area contributed by atoms with Crippen molar-refractivity contribution in [1.82, 2.24) is 0 Å². The van der Waals surface area contributed by atoms with Crippen LogP contribution < -0.4 is 5.73 Å². The maximum Gasteiger partial charge on any atom is 0.335 e. The number of rotatable bonds is 10. The summed E-state index contributed by atoms with van der Waals surface area (Å²) in [6.45, 7) is -2.38. The number of ether oxygens (including phenoxy) is 7. The molecule has 4 saturated heterocycles. The molecule has 0 aromatic carbocycles. The molecular weight excluding hydrogens is 638 g/mol. The first-order valence-electron chi connectivity index (χ1n) is 14.2. The predicted octanol–water partition coefficient (Wildman–Crippen LogP) is -9.69. The molecule has 268 valence electrons. The summed E-state index contributed by atoms with van der Waals surface area (Å²) in [5.74, 6) is -1.70. The lowest BCUT2D eigenvalue weighted by atomic mass is 9.95. The summed E-state index contributed by atoms with van der Waals surface area (Å²) in [6.07, 6.45) is -34.2. The fraction of sp³-hybridized carbons (Fsp3) is 0.958. The van der Waals surface area contributed by atoms with Crippen LogP contribution in [0.5, 0.6) is 0 Å². The largest absolute Gasteiger partial charge is 0.479 e. The molecule has 4 fully saturated rings. The SMILES string of the molecule is N[C@H]1[C@@H](O[C@H]2[C@H](O)[C@@H](O)[C@@H](O)O[C@@H]2C(=O)O)O[C@H](CO[C@H]2O[C@H](CO)[C@H](O[C@H]3O[C@H](CO)[C@@H](O)[C@H](O)[C@@H]3O)[C@H](O)[C@H]2O)[C@@H](O)[C@@H]1O. The van der Waals surface area contributed by atoms with Gasteiger partial charge < -0.3 is 105 Å². The van der Waals surface area contributed by atoms with Gasteiger partial charge in [0.2, 0.25) is 0 Å². The normalized spacial score (nSPS) is 51.9. The lowest BCUT2D eigenvalue weighted by Crippen LogP contribution is -2.67. The number of hydrogen-bond acceptors (Lipinski definition) is 21. The van der Waals surface area contributed by atoms with Crippen molar-refractivity contribution in [3.63, 3.8) is 0 Å². The summed E-state index contributed by atoms with van der Waals surface area (Å²) in [5, 5.41) is 131. The van der Waals surface area contributed by atoms with Crippen molar-refractivity contribution in [1.29, 1.82) is 0 Å². The van der Waals surface area contributed by atoms with Gasteiger partial charge in [0, 0.05) is 0 Å². The molecule has 22 heteroatoms. The van der Waals surface area contributed by atoms with E-state index in [0.717, 1.165) is 0 Å². The first kappa shape index (κ1) is 37.5. The smallest absolute Gasteiger partial charge is 0.335 e. The fourth-order valence-corrected chi connectivity index (χ4v) is 5.45. The van der Waals surface area contributed by atoms with E-state index in [9.17, 15) is 71.2 Å². The van der Waals surface area contributed by atoms with Crippen LogP contribution >= 0.6 is 0 Å². The van der Waals surface area contributed by atoms with Gasteiger partial charge in [-0.1, -0.05) is 0 Å². The van der Waals surface area contributed by atoms with Crippen LogP contribution in [0.25, 0.3) is 0 Å². The Kier molecular flexibility index (Phi) is 12.6. The first-order valence-corrected chi connectivity index (χ1v) is 14.2. The molecule has 4 rings (SSSR count). The van der Waals surface area contributed by atoms with Gasteiger partial charge in [-0.05, 0) is 0 Å². The molecule has 0 aromatic heterocycles. The van der Waals surface area contributed by atoms with Crippen LogP contribution in [0.15, 0.2) is 0 Å². The topological polar surface area (TPSA) is 371 Å². The summed E-state index contributed by atoms with van der Waals surface area (Å²) >= 11 is 0.